The summed E-state index contributed by atoms with van der Waals surface area (Å²) in [6, 6.07) is 0.366. The predicted octanol–water partition coefficient (Wildman–Crippen LogP) is 1.86. The highest BCUT2D eigenvalue weighted by Crippen LogP contribution is 2.30. The Morgan fingerprint density at radius 3 is 2.90 bits per heavy atom. The summed E-state index contributed by atoms with van der Waals surface area (Å²) in [7, 11) is 1.33. The highest BCUT2D eigenvalue weighted by atomic mass is 32.1. The number of hydrogen-bond acceptors (Lipinski definition) is 8. The van der Waals surface area contributed by atoms with Gasteiger partial charge in [-0.15, -0.1) is 17.9 Å². The van der Waals surface area contributed by atoms with Gasteiger partial charge in [0.2, 0.25) is 0 Å². The van der Waals surface area contributed by atoms with Gasteiger partial charge >= 0.3 is 5.97 Å². The molecule has 29 heavy (non-hydrogen) atoms. The Kier molecular flexibility index (Phi) is 7.18. The second kappa shape index (κ2) is 9.62. The number of aromatic nitrogens is 2. The molecule has 8 nitrogen and oxygen atoms in total. The van der Waals surface area contributed by atoms with E-state index in [0.29, 0.717) is 58.6 Å². The summed E-state index contributed by atoms with van der Waals surface area (Å²) < 4.78 is 10.2. The zero-order valence-corrected chi connectivity index (χ0v) is 17.6. The molecular weight excluding hydrogens is 394 g/mol. The van der Waals surface area contributed by atoms with Crippen LogP contribution in [0.3, 0.4) is 0 Å². The first kappa shape index (κ1) is 21.6. The molecule has 0 amide bonds. The van der Waals surface area contributed by atoms with Gasteiger partial charge in [-0.25, -0.2) is 9.78 Å². The Labute approximate surface area is 173 Å². The molecule has 1 fully saturated rings. The van der Waals surface area contributed by atoms with Gasteiger partial charge in [0.05, 0.1) is 38.4 Å². The lowest BCUT2D eigenvalue weighted by Crippen LogP contribution is -2.37. The number of aromatic amines is 1. The number of methoxy groups -OCH3 is 1. The molecule has 0 spiro atoms. The van der Waals surface area contributed by atoms with E-state index in [1.807, 2.05) is 6.92 Å². The Bertz CT molecular complexity index is 934. The number of carbonyl (C=O) groups excluding carboxylic acids is 1. The molecular formula is C20H27N3O5S. The standard InChI is InChI=1S/C20H27N3O5S/c1-4-8-28-11-13(24)9-23(12-6-7-12)10-15-21-18(25)16-14(5-2)17(20(26)27-3)29-19(16)22-15/h4,12-13,24H,1,5-11H2,2-3H3,(H,21,22,25)/t13-/m1/s1. The predicted molar refractivity (Wildman–Crippen MR) is 111 cm³/mol. The molecule has 1 aliphatic rings. The second-order valence-electron chi connectivity index (χ2n) is 7.09. The van der Waals surface area contributed by atoms with Gasteiger partial charge in [-0.05, 0) is 24.8 Å². The number of esters is 1. The van der Waals surface area contributed by atoms with E-state index < -0.39 is 12.1 Å². The number of hydrogen-bond donors (Lipinski definition) is 2. The van der Waals surface area contributed by atoms with Crippen molar-refractivity contribution >= 4 is 27.5 Å². The van der Waals surface area contributed by atoms with Gasteiger partial charge in [0.15, 0.2) is 0 Å². The van der Waals surface area contributed by atoms with Crippen molar-refractivity contribution in [3.63, 3.8) is 0 Å². The minimum atomic E-state index is -0.634. The molecule has 0 bridgehead atoms. The molecule has 1 saturated carbocycles. The third-order valence-electron chi connectivity index (χ3n) is 4.84. The smallest absolute Gasteiger partial charge is 0.348 e. The average Bonchev–Trinajstić information content (AvgIpc) is 3.47. The Morgan fingerprint density at radius 2 is 2.28 bits per heavy atom. The van der Waals surface area contributed by atoms with Crippen molar-refractivity contribution in [2.24, 2.45) is 0 Å². The van der Waals surface area contributed by atoms with E-state index in [1.165, 1.54) is 18.4 Å². The quantitative estimate of drug-likeness (QED) is 0.324. The first-order valence-electron chi connectivity index (χ1n) is 9.72. The number of aliphatic hydroxyl groups is 1. The molecule has 3 rings (SSSR count). The van der Waals surface area contributed by atoms with Gasteiger partial charge in [0, 0.05) is 12.6 Å². The third-order valence-corrected chi connectivity index (χ3v) is 5.95. The fourth-order valence-corrected chi connectivity index (χ4v) is 4.57. The van der Waals surface area contributed by atoms with Gasteiger partial charge in [-0.1, -0.05) is 13.0 Å². The molecule has 0 unspecified atom stereocenters. The molecule has 158 valence electrons. The Morgan fingerprint density at radius 1 is 1.52 bits per heavy atom. The zero-order chi connectivity index (χ0) is 21.0. The van der Waals surface area contributed by atoms with Crippen LogP contribution in [0.2, 0.25) is 0 Å². The maximum absolute atomic E-state index is 12.7. The maximum Gasteiger partial charge on any atom is 0.348 e. The number of nitrogens with one attached hydrogen (secondary N) is 1. The van der Waals surface area contributed by atoms with Crippen LogP contribution in [0, 0.1) is 0 Å². The Hall–Kier alpha value is -2.07. The largest absolute Gasteiger partial charge is 0.465 e. The number of aryl methyl sites for hydroxylation is 1. The van der Waals surface area contributed by atoms with Crippen LogP contribution < -0.4 is 5.56 Å². The fraction of sp³-hybridized carbons (Fsp3) is 0.550. The van der Waals surface area contributed by atoms with Crippen molar-refractivity contribution in [1.82, 2.24) is 14.9 Å². The van der Waals surface area contributed by atoms with Crippen molar-refractivity contribution in [3.05, 3.63) is 39.3 Å². The summed E-state index contributed by atoms with van der Waals surface area (Å²) in [6.45, 7) is 6.96. The Balaban J connectivity index is 1.82. The van der Waals surface area contributed by atoms with Crippen molar-refractivity contribution < 1.29 is 19.4 Å². The topological polar surface area (TPSA) is 105 Å². The van der Waals surface area contributed by atoms with E-state index in [9.17, 15) is 14.7 Å². The van der Waals surface area contributed by atoms with Crippen LogP contribution in [0.1, 0.15) is 40.8 Å². The number of rotatable bonds is 11. The SMILES string of the molecule is C=CCOC[C@H](O)CN(Cc1nc2sc(C(=O)OC)c(CC)c2c(=O)[nH]1)C1CC1. The van der Waals surface area contributed by atoms with Gasteiger partial charge in [-0.2, -0.15) is 0 Å². The number of aliphatic hydroxyl groups excluding tert-OH is 1. The van der Waals surface area contributed by atoms with Crippen molar-refractivity contribution in [2.75, 3.05) is 26.9 Å². The number of carbonyl (C=O) groups is 1. The summed E-state index contributed by atoms with van der Waals surface area (Å²) in [5.74, 6) is 0.0713. The molecule has 2 heterocycles. The number of ether oxygens (including phenoxy) is 2. The van der Waals surface area contributed by atoms with Crippen LogP contribution in [0.25, 0.3) is 10.2 Å². The molecule has 2 N–H and O–H groups in total. The molecule has 0 aromatic carbocycles. The van der Waals surface area contributed by atoms with Crippen molar-refractivity contribution in [1.29, 1.82) is 0 Å². The molecule has 0 aliphatic heterocycles. The van der Waals surface area contributed by atoms with Gasteiger partial charge in [0.1, 0.15) is 15.5 Å². The lowest BCUT2D eigenvalue weighted by Gasteiger charge is -2.24. The van der Waals surface area contributed by atoms with E-state index in [4.69, 9.17) is 9.47 Å². The molecule has 1 aliphatic carbocycles. The van der Waals surface area contributed by atoms with Crippen LogP contribution in [-0.4, -0.2) is 65.0 Å². The van der Waals surface area contributed by atoms with Gasteiger partial charge < -0.3 is 19.6 Å². The lowest BCUT2D eigenvalue weighted by molar-refractivity contribution is 0.0222. The molecule has 2 aromatic heterocycles. The van der Waals surface area contributed by atoms with Gasteiger partial charge in [-0.3, -0.25) is 9.69 Å². The van der Waals surface area contributed by atoms with Crippen LogP contribution >= 0.6 is 11.3 Å². The first-order valence-corrected chi connectivity index (χ1v) is 10.5. The lowest BCUT2D eigenvalue weighted by atomic mass is 10.1. The number of thiophene rings is 1. The van der Waals surface area contributed by atoms with E-state index in [2.05, 4.69) is 21.4 Å². The second-order valence-corrected chi connectivity index (χ2v) is 8.09. The first-order chi connectivity index (χ1) is 14.0. The van der Waals surface area contributed by atoms with E-state index in [1.54, 1.807) is 6.08 Å². The summed E-state index contributed by atoms with van der Waals surface area (Å²) in [5, 5.41) is 10.7. The fourth-order valence-electron chi connectivity index (χ4n) is 3.36. The summed E-state index contributed by atoms with van der Waals surface area (Å²) >= 11 is 1.19. The van der Waals surface area contributed by atoms with E-state index in [0.717, 1.165) is 12.8 Å². The minimum absolute atomic E-state index is 0.228. The number of nitrogens with zero attached hydrogens (tertiary/aromatic N) is 2. The normalized spacial score (nSPS) is 15.0. The maximum atomic E-state index is 12.7. The third kappa shape index (κ3) is 5.11. The molecule has 1 atom stereocenters. The minimum Gasteiger partial charge on any atom is -0.465 e. The number of H-pyrrole nitrogens is 1. The summed E-state index contributed by atoms with van der Waals surface area (Å²) in [4.78, 5) is 35.3. The monoisotopic (exact) mass is 421 g/mol. The van der Waals surface area contributed by atoms with E-state index in [-0.39, 0.29) is 12.2 Å². The van der Waals surface area contributed by atoms with Crippen LogP contribution in [0.4, 0.5) is 0 Å². The van der Waals surface area contributed by atoms with Crippen LogP contribution in [0.15, 0.2) is 17.4 Å². The zero-order valence-electron chi connectivity index (χ0n) is 16.8. The number of fused-ring (bicyclic) bond motifs is 1. The van der Waals surface area contributed by atoms with Crippen LogP contribution in [-0.2, 0) is 22.4 Å². The average molecular weight is 422 g/mol. The van der Waals surface area contributed by atoms with E-state index >= 15 is 0 Å². The molecule has 2 aromatic rings. The van der Waals surface area contributed by atoms with Gasteiger partial charge in [0.25, 0.3) is 5.56 Å². The molecule has 0 saturated heterocycles. The van der Waals surface area contributed by atoms with Crippen molar-refractivity contribution in [3.8, 4) is 0 Å². The highest BCUT2D eigenvalue weighted by Gasteiger charge is 2.31. The summed E-state index contributed by atoms with van der Waals surface area (Å²) in [6.07, 6.45) is 3.66. The molecule has 9 heteroatoms. The van der Waals surface area contributed by atoms with Crippen LogP contribution in [0.5, 0.6) is 0 Å². The molecule has 0 radical (unpaired) electrons. The van der Waals surface area contributed by atoms with Crippen molar-refractivity contribution in [2.45, 2.75) is 44.9 Å². The summed E-state index contributed by atoms with van der Waals surface area (Å²) in [5.41, 5.74) is 0.421. The highest BCUT2D eigenvalue weighted by molar-refractivity contribution is 7.20.